The highest BCUT2D eigenvalue weighted by Crippen LogP contribution is 2.15. The first-order valence-corrected chi connectivity index (χ1v) is 6.51. The van der Waals surface area contributed by atoms with Gasteiger partial charge < -0.3 is 10.1 Å². The first-order valence-electron chi connectivity index (χ1n) is 5.63. The minimum absolute atomic E-state index is 0.321. The summed E-state index contributed by atoms with van der Waals surface area (Å²) < 4.78 is 5.74. The lowest BCUT2D eigenvalue weighted by Crippen LogP contribution is -2.40. The maximum atomic E-state index is 5.74. The van der Waals surface area contributed by atoms with Crippen LogP contribution in [-0.2, 0) is 11.2 Å². The molecule has 1 aromatic rings. The third kappa shape index (κ3) is 3.93. The molecule has 2 unspecified atom stereocenters. The van der Waals surface area contributed by atoms with Gasteiger partial charge in [-0.1, -0.05) is 13.0 Å². The van der Waals surface area contributed by atoms with Crippen LogP contribution < -0.4 is 5.32 Å². The Kier molecular flexibility index (Phi) is 5.91. The Morgan fingerprint density at radius 1 is 1.47 bits per heavy atom. The standard InChI is InChI=1S/C12H21NOS/c1-4-12(14-5-2)11(13-3)9-10-7-6-8-15-10/h6-8,11-13H,4-5,9H2,1-3H3. The van der Waals surface area contributed by atoms with E-state index in [1.165, 1.54) is 4.88 Å². The summed E-state index contributed by atoms with van der Waals surface area (Å²) in [5, 5.41) is 5.49. The molecule has 0 radical (unpaired) electrons. The molecule has 2 atom stereocenters. The second kappa shape index (κ2) is 6.99. The van der Waals surface area contributed by atoms with Gasteiger partial charge in [-0.3, -0.25) is 0 Å². The van der Waals surface area contributed by atoms with Gasteiger partial charge in [0.05, 0.1) is 6.10 Å². The molecule has 0 saturated heterocycles. The van der Waals surface area contributed by atoms with Crippen molar-refractivity contribution in [3.05, 3.63) is 22.4 Å². The second-order valence-corrected chi connectivity index (χ2v) is 4.61. The highest BCUT2D eigenvalue weighted by Gasteiger charge is 2.19. The Balaban J connectivity index is 2.53. The molecule has 15 heavy (non-hydrogen) atoms. The molecule has 3 heteroatoms. The lowest BCUT2D eigenvalue weighted by molar-refractivity contribution is 0.0341. The first kappa shape index (κ1) is 12.7. The van der Waals surface area contributed by atoms with Gasteiger partial charge in [0.15, 0.2) is 0 Å². The van der Waals surface area contributed by atoms with Crippen LogP contribution >= 0.6 is 11.3 Å². The van der Waals surface area contributed by atoms with Crippen LogP contribution in [0.4, 0.5) is 0 Å². The van der Waals surface area contributed by atoms with E-state index in [0.717, 1.165) is 19.4 Å². The predicted molar refractivity (Wildman–Crippen MR) is 66.6 cm³/mol. The molecule has 1 N–H and O–H groups in total. The Morgan fingerprint density at radius 2 is 2.27 bits per heavy atom. The Morgan fingerprint density at radius 3 is 2.73 bits per heavy atom. The fraction of sp³-hybridized carbons (Fsp3) is 0.667. The van der Waals surface area contributed by atoms with Crippen molar-refractivity contribution in [1.82, 2.24) is 5.32 Å². The minimum atomic E-state index is 0.321. The summed E-state index contributed by atoms with van der Waals surface area (Å²) in [4.78, 5) is 1.42. The molecule has 0 aliphatic carbocycles. The van der Waals surface area contributed by atoms with Gasteiger partial charge in [-0.25, -0.2) is 0 Å². The van der Waals surface area contributed by atoms with E-state index in [4.69, 9.17) is 4.74 Å². The largest absolute Gasteiger partial charge is 0.377 e. The maximum absolute atomic E-state index is 5.74. The Bertz CT molecular complexity index is 248. The molecule has 1 rings (SSSR count). The first-order chi connectivity index (χ1) is 7.31. The molecule has 0 spiro atoms. The quantitative estimate of drug-likeness (QED) is 0.773. The van der Waals surface area contributed by atoms with E-state index in [-0.39, 0.29) is 0 Å². The van der Waals surface area contributed by atoms with Crippen molar-refractivity contribution < 1.29 is 4.74 Å². The molecule has 0 bridgehead atoms. The number of likely N-dealkylation sites (N-methyl/N-ethyl adjacent to an activating group) is 1. The predicted octanol–water partition coefficient (Wildman–Crippen LogP) is 2.69. The van der Waals surface area contributed by atoms with E-state index < -0.39 is 0 Å². The second-order valence-electron chi connectivity index (χ2n) is 3.58. The summed E-state index contributed by atoms with van der Waals surface area (Å²) >= 11 is 1.82. The SMILES string of the molecule is CCOC(CC)C(Cc1cccs1)NC. The molecule has 2 nitrogen and oxygen atoms in total. The van der Waals surface area contributed by atoms with E-state index in [1.54, 1.807) is 0 Å². The number of rotatable bonds is 7. The van der Waals surface area contributed by atoms with Crippen LogP contribution in [0.5, 0.6) is 0 Å². The van der Waals surface area contributed by atoms with Crippen molar-refractivity contribution in [2.45, 2.75) is 38.8 Å². The molecule has 1 heterocycles. The zero-order chi connectivity index (χ0) is 11.1. The van der Waals surface area contributed by atoms with Crippen molar-refractivity contribution in [2.24, 2.45) is 0 Å². The number of hydrogen-bond acceptors (Lipinski definition) is 3. The Labute approximate surface area is 96.7 Å². The van der Waals surface area contributed by atoms with Crippen molar-refractivity contribution in [2.75, 3.05) is 13.7 Å². The smallest absolute Gasteiger partial charge is 0.0728 e. The minimum Gasteiger partial charge on any atom is -0.377 e. The number of ether oxygens (including phenoxy) is 1. The van der Waals surface area contributed by atoms with Crippen molar-refractivity contribution in [1.29, 1.82) is 0 Å². The van der Waals surface area contributed by atoms with Gasteiger partial charge in [0.1, 0.15) is 0 Å². The van der Waals surface area contributed by atoms with Gasteiger partial charge in [-0.2, -0.15) is 0 Å². The number of hydrogen-bond donors (Lipinski definition) is 1. The van der Waals surface area contributed by atoms with Gasteiger partial charge in [-0.05, 0) is 38.3 Å². The van der Waals surface area contributed by atoms with E-state index in [0.29, 0.717) is 12.1 Å². The molecule has 0 aromatic carbocycles. The normalized spacial score (nSPS) is 15.1. The highest BCUT2D eigenvalue weighted by atomic mass is 32.1. The van der Waals surface area contributed by atoms with Crippen LogP contribution in [0, 0.1) is 0 Å². The molecule has 0 aliphatic rings. The van der Waals surface area contributed by atoms with E-state index in [9.17, 15) is 0 Å². The molecular weight excluding hydrogens is 206 g/mol. The van der Waals surface area contributed by atoms with Gasteiger partial charge in [0, 0.05) is 17.5 Å². The summed E-state index contributed by atoms with van der Waals surface area (Å²) in [7, 11) is 2.01. The highest BCUT2D eigenvalue weighted by molar-refractivity contribution is 7.09. The van der Waals surface area contributed by atoms with Crippen LogP contribution in [0.3, 0.4) is 0 Å². The van der Waals surface area contributed by atoms with Crippen LogP contribution in [0.1, 0.15) is 25.1 Å². The van der Waals surface area contributed by atoms with Crippen molar-refractivity contribution in [3.8, 4) is 0 Å². The molecule has 0 amide bonds. The zero-order valence-electron chi connectivity index (χ0n) is 9.82. The van der Waals surface area contributed by atoms with E-state index in [1.807, 2.05) is 18.4 Å². The monoisotopic (exact) mass is 227 g/mol. The van der Waals surface area contributed by atoms with Crippen LogP contribution in [0.15, 0.2) is 17.5 Å². The average molecular weight is 227 g/mol. The lowest BCUT2D eigenvalue weighted by atomic mass is 10.0. The van der Waals surface area contributed by atoms with Gasteiger partial charge in [-0.15, -0.1) is 11.3 Å². The summed E-state index contributed by atoms with van der Waals surface area (Å²) in [6, 6.07) is 4.72. The molecule has 0 saturated carbocycles. The van der Waals surface area contributed by atoms with Crippen molar-refractivity contribution in [3.63, 3.8) is 0 Å². The van der Waals surface area contributed by atoms with E-state index >= 15 is 0 Å². The van der Waals surface area contributed by atoms with Crippen molar-refractivity contribution >= 4 is 11.3 Å². The number of thiophene rings is 1. The van der Waals surface area contributed by atoms with E-state index in [2.05, 4.69) is 36.7 Å². The van der Waals surface area contributed by atoms with Crippen LogP contribution in [0.25, 0.3) is 0 Å². The fourth-order valence-electron chi connectivity index (χ4n) is 1.80. The molecule has 86 valence electrons. The van der Waals surface area contributed by atoms with Gasteiger partial charge in [0.2, 0.25) is 0 Å². The number of nitrogens with one attached hydrogen (secondary N) is 1. The van der Waals surface area contributed by atoms with Crippen LogP contribution in [-0.4, -0.2) is 25.8 Å². The Hall–Kier alpha value is -0.380. The van der Waals surface area contributed by atoms with Gasteiger partial charge in [0.25, 0.3) is 0 Å². The summed E-state index contributed by atoms with van der Waals surface area (Å²) in [5.74, 6) is 0. The fourth-order valence-corrected chi connectivity index (χ4v) is 2.56. The molecular formula is C12H21NOS. The lowest BCUT2D eigenvalue weighted by Gasteiger charge is -2.25. The third-order valence-electron chi connectivity index (χ3n) is 2.60. The maximum Gasteiger partial charge on any atom is 0.0728 e. The zero-order valence-corrected chi connectivity index (χ0v) is 10.6. The third-order valence-corrected chi connectivity index (χ3v) is 3.50. The topological polar surface area (TPSA) is 21.3 Å². The van der Waals surface area contributed by atoms with Gasteiger partial charge >= 0.3 is 0 Å². The van der Waals surface area contributed by atoms with Crippen LogP contribution in [0.2, 0.25) is 0 Å². The molecule has 0 fully saturated rings. The summed E-state index contributed by atoms with van der Waals surface area (Å²) in [6.07, 6.45) is 2.44. The molecule has 1 aromatic heterocycles. The summed E-state index contributed by atoms with van der Waals surface area (Å²) in [6.45, 7) is 5.03. The summed E-state index contributed by atoms with van der Waals surface area (Å²) in [5.41, 5.74) is 0. The molecule has 0 aliphatic heterocycles. The average Bonchev–Trinajstić information content (AvgIpc) is 2.75.